The molecule has 1 saturated heterocycles. The summed E-state index contributed by atoms with van der Waals surface area (Å²) in [4.78, 5) is 32.1. The minimum absolute atomic E-state index is 0.0229. The number of benzene rings is 1. The molecule has 1 aliphatic heterocycles. The first-order valence-electron chi connectivity index (χ1n) is 9.82. The van der Waals surface area contributed by atoms with E-state index in [0.29, 0.717) is 49.6 Å². The molecule has 1 saturated carbocycles. The van der Waals surface area contributed by atoms with Crippen LogP contribution in [0.2, 0.25) is 0 Å². The molecule has 1 aromatic carbocycles. The van der Waals surface area contributed by atoms with Crippen molar-refractivity contribution in [3.8, 4) is 6.07 Å². The fourth-order valence-electron chi connectivity index (χ4n) is 3.41. The van der Waals surface area contributed by atoms with E-state index >= 15 is 0 Å². The third kappa shape index (κ3) is 4.26. The maximum Gasteiger partial charge on any atom is 0.269 e. The number of aromatic nitrogens is 1. The number of carbonyl (C=O) groups is 1. The zero-order chi connectivity index (χ0) is 21.3. The number of nitriles is 1. The van der Waals surface area contributed by atoms with Gasteiger partial charge < -0.3 is 14.2 Å². The summed E-state index contributed by atoms with van der Waals surface area (Å²) in [6.45, 7) is 4.07. The Morgan fingerprint density at radius 1 is 1.30 bits per heavy atom. The molecule has 1 aliphatic carbocycles. The summed E-state index contributed by atoms with van der Waals surface area (Å²) in [6.07, 6.45) is 2.11. The first-order valence-corrected chi connectivity index (χ1v) is 10.7. The Labute approximate surface area is 177 Å². The van der Waals surface area contributed by atoms with E-state index in [9.17, 15) is 20.2 Å². The Morgan fingerprint density at radius 3 is 2.53 bits per heavy atom. The molecule has 2 heterocycles. The highest BCUT2D eigenvalue weighted by Crippen LogP contribution is 2.41. The van der Waals surface area contributed by atoms with Crippen molar-refractivity contribution in [2.45, 2.75) is 35.8 Å². The fourth-order valence-corrected chi connectivity index (χ4v) is 4.36. The Balaban J connectivity index is 1.34. The first-order chi connectivity index (χ1) is 14.5. The van der Waals surface area contributed by atoms with Gasteiger partial charge in [-0.05, 0) is 31.9 Å². The van der Waals surface area contributed by atoms with Crippen LogP contribution in [0.1, 0.15) is 37.3 Å². The molecule has 0 radical (unpaired) electrons. The third-order valence-corrected chi connectivity index (χ3v) is 6.34. The predicted molar refractivity (Wildman–Crippen MR) is 110 cm³/mol. The van der Waals surface area contributed by atoms with Gasteiger partial charge in [0.15, 0.2) is 0 Å². The largest absolute Gasteiger partial charge is 0.423 e. The molecule has 1 unspecified atom stereocenters. The molecule has 9 nitrogen and oxygen atoms in total. The highest BCUT2D eigenvalue weighted by atomic mass is 32.2. The number of nitro benzene ring substituents is 1. The van der Waals surface area contributed by atoms with Crippen molar-refractivity contribution in [3.05, 3.63) is 46.0 Å². The van der Waals surface area contributed by atoms with Gasteiger partial charge in [-0.1, -0.05) is 0 Å². The van der Waals surface area contributed by atoms with Gasteiger partial charge >= 0.3 is 0 Å². The maximum atomic E-state index is 12.8. The molecule has 1 amide bonds. The molecular weight excluding hydrogens is 406 g/mol. The molecule has 1 atom stereocenters. The zero-order valence-corrected chi connectivity index (χ0v) is 17.3. The van der Waals surface area contributed by atoms with Gasteiger partial charge in [-0.15, -0.1) is 11.8 Å². The molecule has 2 fully saturated rings. The van der Waals surface area contributed by atoms with Crippen molar-refractivity contribution < 1.29 is 14.1 Å². The van der Waals surface area contributed by atoms with Gasteiger partial charge in [0.05, 0.1) is 10.2 Å². The molecule has 10 heteroatoms. The van der Waals surface area contributed by atoms with Crippen LogP contribution in [-0.2, 0) is 4.79 Å². The number of hydrogen-bond acceptors (Lipinski definition) is 8. The minimum atomic E-state index is -0.442. The van der Waals surface area contributed by atoms with E-state index in [1.54, 1.807) is 12.1 Å². The van der Waals surface area contributed by atoms with Crippen molar-refractivity contribution in [1.82, 2.24) is 9.88 Å². The van der Waals surface area contributed by atoms with E-state index in [2.05, 4.69) is 11.1 Å². The second kappa shape index (κ2) is 8.36. The predicted octanol–water partition coefficient (Wildman–Crippen LogP) is 3.16. The van der Waals surface area contributed by atoms with Crippen molar-refractivity contribution >= 4 is 29.2 Å². The van der Waals surface area contributed by atoms with Crippen LogP contribution in [0.4, 0.5) is 11.6 Å². The number of piperazine rings is 1. The Bertz CT molecular complexity index is 988. The number of oxazole rings is 1. The van der Waals surface area contributed by atoms with Crippen molar-refractivity contribution in [3.63, 3.8) is 0 Å². The van der Waals surface area contributed by atoms with E-state index < -0.39 is 4.92 Å². The maximum absolute atomic E-state index is 12.8. The average molecular weight is 427 g/mol. The van der Waals surface area contributed by atoms with Crippen LogP contribution in [0.5, 0.6) is 0 Å². The molecule has 2 aliphatic rings. The average Bonchev–Trinajstić information content (AvgIpc) is 3.52. The van der Waals surface area contributed by atoms with Gasteiger partial charge in [-0.2, -0.15) is 5.26 Å². The highest BCUT2D eigenvalue weighted by molar-refractivity contribution is 8.00. The van der Waals surface area contributed by atoms with Crippen LogP contribution in [0.25, 0.3) is 0 Å². The Morgan fingerprint density at radius 2 is 1.97 bits per heavy atom. The number of nitrogens with zero attached hydrogens (tertiary/aromatic N) is 5. The summed E-state index contributed by atoms with van der Waals surface area (Å²) >= 11 is 1.38. The van der Waals surface area contributed by atoms with Gasteiger partial charge in [0, 0.05) is 49.1 Å². The van der Waals surface area contributed by atoms with Gasteiger partial charge in [0.1, 0.15) is 6.07 Å². The lowest BCUT2D eigenvalue weighted by atomic mass is 10.2. The van der Waals surface area contributed by atoms with Crippen molar-refractivity contribution in [2.24, 2.45) is 0 Å². The highest BCUT2D eigenvalue weighted by Gasteiger charge is 2.33. The number of nitro groups is 1. The fraction of sp³-hybridized carbons (Fsp3) is 0.450. The molecule has 0 spiro atoms. The Hall–Kier alpha value is -3.06. The third-order valence-electron chi connectivity index (χ3n) is 5.25. The van der Waals surface area contributed by atoms with E-state index in [-0.39, 0.29) is 16.8 Å². The molecule has 156 valence electrons. The van der Waals surface area contributed by atoms with Crippen LogP contribution in [0.3, 0.4) is 0 Å². The van der Waals surface area contributed by atoms with Gasteiger partial charge in [-0.25, -0.2) is 4.98 Å². The van der Waals surface area contributed by atoms with Crippen LogP contribution >= 0.6 is 11.8 Å². The number of carbonyl (C=O) groups excluding carboxylic acids is 1. The molecule has 1 aromatic heterocycles. The van der Waals surface area contributed by atoms with E-state index in [1.807, 2.05) is 16.7 Å². The molecular formula is C20H21N5O4S. The lowest BCUT2D eigenvalue weighted by molar-refractivity contribution is -0.384. The topological polar surface area (TPSA) is 117 Å². The standard InChI is InChI=1S/C20H21N5O4S/c1-13(30-16-6-4-15(5-7-16)25(27)28)19(26)23-8-10-24(11-9-23)20-17(12-21)22-18(29-20)14-2-3-14/h4-7,13-14H,2-3,8-11H2,1H3. The Kier molecular flexibility index (Phi) is 5.63. The van der Waals surface area contributed by atoms with Crippen molar-refractivity contribution in [2.75, 3.05) is 31.1 Å². The van der Waals surface area contributed by atoms with Crippen LogP contribution < -0.4 is 4.90 Å². The molecule has 2 aromatic rings. The summed E-state index contributed by atoms with van der Waals surface area (Å²) in [5.41, 5.74) is 0.349. The summed E-state index contributed by atoms with van der Waals surface area (Å²) in [5.74, 6) is 1.52. The molecule has 30 heavy (non-hydrogen) atoms. The SMILES string of the molecule is CC(Sc1ccc([N+](=O)[O-])cc1)C(=O)N1CCN(c2oc(C3CC3)nc2C#N)CC1. The first kappa shape index (κ1) is 20.2. The second-order valence-corrected chi connectivity index (χ2v) is 8.83. The number of amides is 1. The minimum Gasteiger partial charge on any atom is -0.423 e. The van der Waals surface area contributed by atoms with Gasteiger partial charge in [-0.3, -0.25) is 14.9 Å². The molecule has 0 bridgehead atoms. The van der Waals surface area contributed by atoms with Crippen molar-refractivity contribution in [1.29, 1.82) is 5.26 Å². The normalized spacial score (nSPS) is 17.5. The molecule has 4 rings (SSSR count). The van der Waals surface area contributed by atoms with Crippen LogP contribution in [0, 0.1) is 21.4 Å². The van der Waals surface area contributed by atoms with Gasteiger partial charge in [0.25, 0.3) is 5.69 Å². The summed E-state index contributed by atoms with van der Waals surface area (Å²) in [6, 6.07) is 8.32. The number of hydrogen-bond donors (Lipinski definition) is 0. The number of thioether (sulfide) groups is 1. The van der Waals surface area contributed by atoms with Crippen LogP contribution in [-0.4, -0.2) is 52.1 Å². The zero-order valence-electron chi connectivity index (χ0n) is 16.5. The monoisotopic (exact) mass is 427 g/mol. The second-order valence-electron chi connectivity index (χ2n) is 7.42. The van der Waals surface area contributed by atoms with E-state index in [0.717, 1.165) is 17.7 Å². The summed E-state index contributed by atoms with van der Waals surface area (Å²) < 4.78 is 5.85. The lowest BCUT2D eigenvalue weighted by Gasteiger charge is -2.35. The molecule has 0 N–H and O–H groups in total. The van der Waals surface area contributed by atoms with E-state index in [4.69, 9.17) is 4.42 Å². The number of non-ortho nitro benzene ring substituents is 1. The smallest absolute Gasteiger partial charge is 0.269 e. The summed E-state index contributed by atoms with van der Waals surface area (Å²) in [5, 5.41) is 19.8. The van der Waals surface area contributed by atoms with Crippen LogP contribution in [0.15, 0.2) is 33.6 Å². The van der Waals surface area contributed by atoms with E-state index in [1.165, 1.54) is 23.9 Å². The number of anilines is 1. The number of rotatable bonds is 6. The van der Waals surface area contributed by atoms with Gasteiger partial charge in [0.2, 0.25) is 23.4 Å². The lowest BCUT2D eigenvalue weighted by Crippen LogP contribution is -2.50. The summed E-state index contributed by atoms with van der Waals surface area (Å²) in [7, 11) is 0. The quantitative estimate of drug-likeness (QED) is 0.392.